The van der Waals surface area contributed by atoms with Gasteiger partial charge in [-0.2, -0.15) is 0 Å². The summed E-state index contributed by atoms with van der Waals surface area (Å²) in [7, 11) is 0. The molecule has 0 bridgehead atoms. The summed E-state index contributed by atoms with van der Waals surface area (Å²) >= 11 is 6.03. The van der Waals surface area contributed by atoms with Crippen LogP contribution in [0.15, 0.2) is 30.3 Å². The van der Waals surface area contributed by atoms with E-state index in [2.05, 4.69) is 60.3 Å². The SMILES string of the molecule is CCCc1nc(Cl)cc(NCc2ccc(C(C)C)cc2)n1. The Morgan fingerprint density at radius 1 is 1.14 bits per heavy atom. The van der Waals surface area contributed by atoms with Crippen LogP contribution in [0, 0.1) is 0 Å². The number of hydrogen-bond donors (Lipinski definition) is 1. The molecule has 0 saturated carbocycles. The summed E-state index contributed by atoms with van der Waals surface area (Å²) in [6.07, 6.45) is 1.86. The molecule has 0 radical (unpaired) electrons. The third kappa shape index (κ3) is 4.71. The van der Waals surface area contributed by atoms with E-state index in [1.165, 1.54) is 11.1 Å². The van der Waals surface area contributed by atoms with Crippen molar-refractivity contribution in [1.29, 1.82) is 0 Å². The number of nitrogens with one attached hydrogen (secondary N) is 1. The van der Waals surface area contributed by atoms with Crippen molar-refractivity contribution >= 4 is 17.4 Å². The molecule has 0 atom stereocenters. The highest BCUT2D eigenvalue weighted by molar-refractivity contribution is 6.29. The molecule has 2 rings (SSSR count). The average molecular weight is 304 g/mol. The number of benzene rings is 1. The molecule has 0 aliphatic rings. The zero-order valence-corrected chi connectivity index (χ0v) is 13.6. The van der Waals surface area contributed by atoms with Crippen LogP contribution in [0.4, 0.5) is 5.82 Å². The number of aryl methyl sites for hydroxylation is 1. The molecule has 0 aliphatic carbocycles. The molecule has 0 saturated heterocycles. The maximum absolute atomic E-state index is 6.03. The zero-order valence-electron chi connectivity index (χ0n) is 12.9. The Hall–Kier alpha value is -1.61. The van der Waals surface area contributed by atoms with Gasteiger partial charge in [0.1, 0.15) is 16.8 Å². The third-order valence-corrected chi connectivity index (χ3v) is 3.53. The number of rotatable bonds is 6. The summed E-state index contributed by atoms with van der Waals surface area (Å²) in [6.45, 7) is 7.24. The molecule has 1 aromatic carbocycles. The van der Waals surface area contributed by atoms with E-state index in [1.54, 1.807) is 6.07 Å². The van der Waals surface area contributed by atoms with Crippen molar-refractivity contribution in [2.45, 2.75) is 46.1 Å². The lowest BCUT2D eigenvalue weighted by molar-refractivity contribution is 0.833. The van der Waals surface area contributed by atoms with Crippen molar-refractivity contribution in [1.82, 2.24) is 9.97 Å². The minimum Gasteiger partial charge on any atom is -0.366 e. The van der Waals surface area contributed by atoms with Gasteiger partial charge in [0, 0.05) is 19.0 Å². The Kier molecular flexibility index (Phi) is 5.57. The van der Waals surface area contributed by atoms with E-state index in [9.17, 15) is 0 Å². The van der Waals surface area contributed by atoms with Gasteiger partial charge in [0.2, 0.25) is 0 Å². The molecule has 4 heteroatoms. The number of aromatic nitrogens is 2. The Bertz CT molecular complexity index is 579. The number of nitrogens with zero attached hydrogens (tertiary/aromatic N) is 2. The molecule has 112 valence electrons. The minimum absolute atomic E-state index is 0.492. The zero-order chi connectivity index (χ0) is 15.2. The fraction of sp³-hybridized carbons (Fsp3) is 0.412. The molecule has 21 heavy (non-hydrogen) atoms. The molecule has 3 nitrogen and oxygen atoms in total. The summed E-state index contributed by atoms with van der Waals surface area (Å²) in [5.74, 6) is 2.14. The molecule has 0 amide bonds. The summed E-state index contributed by atoms with van der Waals surface area (Å²) in [4.78, 5) is 8.70. The quantitative estimate of drug-likeness (QED) is 0.778. The van der Waals surface area contributed by atoms with E-state index in [0.717, 1.165) is 31.0 Å². The van der Waals surface area contributed by atoms with Gasteiger partial charge in [0.05, 0.1) is 0 Å². The summed E-state index contributed by atoms with van der Waals surface area (Å²) in [5, 5.41) is 3.81. The number of halogens is 1. The molecule has 0 spiro atoms. The third-order valence-electron chi connectivity index (χ3n) is 3.33. The first-order chi connectivity index (χ1) is 10.1. The van der Waals surface area contributed by atoms with Crippen LogP contribution < -0.4 is 5.32 Å². The lowest BCUT2D eigenvalue weighted by Crippen LogP contribution is -2.05. The van der Waals surface area contributed by atoms with Gasteiger partial charge in [-0.3, -0.25) is 0 Å². The van der Waals surface area contributed by atoms with Crippen LogP contribution in [-0.4, -0.2) is 9.97 Å². The predicted octanol–water partition coefficient (Wildman–Crippen LogP) is 4.82. The molecule has 1 N–H and O–H groups in total. The number of anilines is 1. The van der Waals surface area contributed by atoms with E-state index < -0.39 is 0 Å². The molecule has 0 fully saturated rings. The maximum Gasteiger partial charge on any atom is 0.134 e. The van der Waals surface area contributed by atoms with Crippen molar-refractivity contribution < 1.29 is 0 Å². The van der Waals surface area contributed by atoms with Crippen LogP contribution >= 0.6 is 11.6 Å². The van der Waals surface area contributed by atoms with Crippen LogP contribution in [0.3, 0.4) is 0 Å². The highest BCUT2D eigenvalue weighted by atomic mass is 35.5. The first kappa shape index (κ1) is 15.8. The van der Waals surface area contributed by atoms with E-state index in [0.29, 0.717) is 11.1 Å². The Morgan fingerprint density at radius 3 is 2.48 bits per heavy atom. The molecule has 1 heterocycles. The number of hydrogen-bond acceptors (Lipinski definition) is 3. The van der Waals surface area contributed by atoms with Gasteiger partial charge in [0.25, 0.3) is 0 Å². The summed E-state index contributed by atoms with van der Waals surface area (Å²) in [6, 6.07) is 10.4. The standard InChI is InChI=1S/C17H22ClN3/c1-4-5-16-20-15(18)10-17(21-16)19-11-13-6-8-14(9-7-13)12(2)3/h6-10,12H,4-5,11H2,1-3H3,(H,19,20,21). The van der Waals surface area contributed by atoms with E-state index in [1.807, 2.05) is 0 Å². The molecule has 0 aliphatic heterocycles. The Morgan fingerprint density at radius 2 is 1.86 bits per heavy atom. The lowest BCUT2D eigenvalue weighted by Gasteiger charge is -2.09. The van der Waals surface area contributed by atoms with Gasteiger partial charge >= 0.3 is 0 Å². The second-order valence-corrected chi connectivity index (χ2v) is 5.88. The second kappa shape index (κ2) is 7.41. The molecule has 2 aromatic rings. The highest BCUT2D eigenvalue weighted by Crippen LogP contribution is 2.16. The summed E-state index contributed by atoms with van der Waals surface area (Å²) in [5.41, 5.74) is 2.58. The fourth-order valence-corrected chi connectivity index (χ4v) is 2.30. The van der Waals surface area contributed by atoms with Gasteiger partial charge in [-0.1, -0.05) is 56.6 Å². The van der Waals surface area contributed by atoms with Crippen molar-refractivity contribution in [3.8, 4) is 0 Å². The van der Waals surface area contributed by atoms with Crippen molar-refractivity contribution in [3.63, 3.8) is 0 Å². The van der Waals surface area contributed by atoms with E-state index >= 15 is 0 Å². The van der Waals surface area contributed by atoms with Crippen LogP contribution in [0.25, 0.3) is 0 Å². The van der Waals surface area contributed by atoms with Crippen LogP contribution in [0.2, 0.25) is 5.15 Å². The average Bonchev–Trinajstić information content (AvgIpc) is 2.45. The van der Waals surface area contributed by atoms with Gasteiger partial charge in [-0.25, -0.2) is 9.97 Å². The van der Waals surface area contributed by atoms with Gasteiger partial charge in [-0.15, -0.1) is 0 Å². The van der Waals surface area contributed by atoms with Gasteiger partial charge in [0.15, 0.2) is 0 Å². The van der Waals surface area contributed by atoms with Crippen molar-refractivity contribution in [3.05, 3.63) is 52.4 Å². The topological polar surface area (TPSA) is 37.8 Å². The molecule has 0 unspecified atom stereocenters. The first-order valence-corrected chi connectivity index (χ1v) is 7.82. The Balaban J connectivity index is 2.02. The maximum atomic E-state index is 6.03. The second-order valence-electron chi connectivity index (χ2n) is 5.49. The predicted molar refractivity (Wildman–Crippen MR) is 88.9 cm³/mol. The minimum atomic E-state index is 0.492. The van der Waals surface area contributed by atoms with Gasteiger partial charge in [-0.05, 0) is 23.5 Å². The molecular formula is C17H22ClN3. The smallest absolute Gasteiger partial charge is 0.134 e. The summed E-state index contributed by atoms with van der Waals surface area (Å²) < 4.78 is 0. The largest absolute Gasteiger partial charge is 0.366 e. The van der Waals surface area contributed by atoms with Crippen LogP contribution in [-0.2, 0) is 13.0 Å². The molecule has 1 aromatic heterocycles. The fourth-order valence-electron chi connectivity index (χ4n) is 2.10. The van der Waals surface area contributed by atoms with Crippen LogP contribution in [0.1, 0.15) is 50.1 Å². The van der Waals surface area contributed by atoms with Gasteiger partial charge < -0.3 is 5.32 Å². The lowest BCUT2D eigenvalue weighted by atomic mass is 10.0. The monoisotopic (exact) mass is 303 g/mol. The van der Waals surface area contributed by atoms with Crippen molar-refractivity contribution in [2.24, 2.45) is 0 Å². The molecular weight excluding hydrogens is 282 g/mol. The van der Waals surface area contributed by atoms with E-state index in [4.69, 9.17) is 11.6 Å². The van der Waals surface area contributed by atoms with Crippen LogP contribution in [0.5, 0.6) is 0 Å². The highest BCUT2D eigenvalue weighted by Gasteiger charge is 2.03. The van der Waals surface area contributed by atoms with Crippen molar-refractivity contribution in [2.75, 3.05) is 5.32 Å². The first-order valence-electron chi connectivity index (χ1n) is 7.44. The van der Waals surface area contributed by atoms with E-state index in [-0.39, 0.29) is 0 Å². The normalized spacial score (nSPS) is 10.9. The Labute approximate surface area is 131 Å².